The van der Waals surface area contributed by atoms with Gasteiger partial charge in [-0.1, -0.05) is 43.0 Å². The molecule has 0 aliphatic carbocycles. The molecule has 3 rings (SSSR count). The molecule has 5 nitrogen and oxygen atoms in total. The Bertz CT molecular complexity index is 935. The van der Waals surface area contributed by atoms with Crippen molar-refractivity contribution in [2.24, 2.45) is 0 Å². The molecule has 4 N–H and O–H groups in total. The Hall–Kier alpha value is -3.73. The fourth-order valence-corrected chi connectivity index (χ4v) is 3.32. The van der Waals surface area contributed by atoms with Crippen LogP contribution in [0.2, 0.25) is 0 Å². The number of rotatable bonds is 10. The number of hydrogen-bond acceptors (Lipinski definition) is 5. The predicted octanol–water partition coefficient (Wildman–Crippen LogP) is 4.72. The molecule has 0 bridgehead atoms. The number of esters is 1. The number of ether oxygens (including phenoxy) is 2. The van der Waals surface area contributed by atoms with Crippen molar-refractivity contribution in [3.8, 4) is 5.75 Å². The maximum atomic E-state index is 11.0. The normalized spacial score (nSPS) is 10.6. The lowest BCUT2D eigenvalue weighted by molar-refractivity contribution is -0.137. The monoisotopic (exact) mass is 416 g/mol. The van der Waals surface area contributed by atoms with Crippen molar-refractivity contribution in [1.29, 1.82) is 0 Å². The van der Waals surface area contributed by atoms with E-state index in [0.29, 0.717) is 19.6 Å². The molecule has 0 unspecified atom stereocenters. The number of anilines is 2. The second kappa shape index (κ2) is 10.9. The fourth-order valence-electron chi connectivity index (χ4n) is 3.32. The van der Waals surface area contributed by atoms with E-state index in [-0.39, 0.29) is 5.92 Å². The van der Waals surface area contributed by atoms with E-state index >= 15 is 0 Å². The molecule has 0 aliphatic rings. The average molecular weight is 417 g/mol. The first kappa shape index (κ1) is 22.0. The minimum atomic E-state index is -0.416. The molecule has 5 heteroatoms. The summed E-state index contributed by atoms with van der Waals surface area (Å²) in [6.45, 7) is 4.15. The van der Waals surface area contributed by atoms with Crippen LogP contribution < -0.4 is 16.2 Å². The second-order valence-electron chi connectivity index (χ2n) is 7.31. The molecule has 3 aromatic rings. The summed E-state index contributed by atoms with van der Waals surface area (Å²) in [5.74, 6) is 0.559. The lowest BCUT2D eigenvalue weighted by Crippen LogP contribution is -2.07. The molecule has 0 aromatic heterocycles. The molecule has 0 amide bonds. The van der Waals surface area contributed by atoms with Gasteiger partial charge in [-0.2, -0.15) is 0 Å². The standard InChI is InChI=1S/C26H28N2O3/c1-2-26(29)31-17-3-16-30-24-14-4-19(5-15-24)18-25(20-6-10-22(27)11-7-20)21-8-12-23(28)13-9-21/h2,4-15,25H,1,3,16-18,27-28H2. The summed E-state index contributed by atoms with van der Waals surface area (Å²) in [7, 11) is 0. The van der Waals surface area contributed by atoms with Crippen LogP contribution in [0.3, 0.4) is 0 Å². The number of nitrogen functional groups attached to an aromatic ring is 2. The van der Waals surface area contributed by atoms with Gasteiger partial charge < -0.3 is 20.9 Å². The lowest BCUT2D eigenvalue weighted by Gasteiger charge is -2.19. The molecule has 160 valence electrons. The maximum absolute atomic E-state index is 11.0. The Morgan fingerprint density at radius 3 is 1.90 bits per heavy atom. The number of benzene rings is 3. The predicted molar refractivity (Wildman–Crippen MR) is 125 cm³/mol. The van der Waals surface area contributed by atoms with Crippen LogP contribution in [0, 0.1) is 0 Å². The van der Waals surface area contributed by atoms with Gasteiger partial charge in [-0.25, -0.2) is 4.79 Å². The van der Waals surface area contributed by atoms with Crippen molar-refractivity contribution in [1.82, 2.24) is 0 Å². The Morgan fingerprint density at radius 1 is 0.839 bits per heavy atom. The molecular weight excluding hydrogens is 388 g/mol. The average Bonchev–Trinajstić information content (AvgIpc) is 2.79. The van der Waals surface area contributed by atoms with Gasteiger partial charge in [-0.05, 0) is 59.5 Å². The van der Waals surface area contributed by atoms with Gasteiger partial charge in [0.05, 0.1) is 13.2 Å². The summed E-state index contributed by atoms with van der Waals surface area (Å²) in [6, 6.07) is 24.1. The van der Waals surface area contributed by atoms with Crippen molar-refractivity contribution in [2.75, 3.05) is 24.7 Å². The van der Waals surface area contributed by atoms with Crippen LogP contribution >= 0.6 is 0 Å². The molecule has 31 heavy (non-hydrogen) atoms. The van der Waals surface area contributed by atoms with E-state index in [9.17, 15) is 4.79 Å². The second-order valence-corrected chi connectivity index (χ2v) is 7.31. The third-order valence-electron chi connectivity index (χ3n) is 5.01. The van der Waals surface area contributed by atoms with Gasteiger partial charge in [0.2, 0.25) is 0 Å². The summed E-state index contributed by atoms with van der Waals surface area (Å²) >= 11 is 0. The van der Waals surface area contributed by atoms with Crippen molar-refractivity contribution >= 4 is 17.3 Å². The minimum Gasteiger partial charge on any atom is -0.493 e. The van der Waals surface area contributed by atoms with E-state index in [1.165, 1.54) is 16.7 Å². The Kier molecular flexibility index (Phi) is 7.71. The Balaban J connectivity index is 1.64. The van der Waals surface area contributed by atoms with E-state index in [1.807, 2.05) is 36.4 Å². The minimum absolute atomic E-state index is 0.188. The highest BCUT2D eigenvalue weighted by molar-refractivity contribution is 5.81. The van der Waals surface area contributed by atoms with Gasteiger partial charge in [0.25, 0.3) is 0 Å². The number of hydrogen-bond donors (Lipinski definition) is 2. The highest BCUT2D eigenvalue weighted by atomic mass is 16.5. The molecule has 0 fully saturated rings. The van der Waals surface area contributed by atoms with Crippen molar-refractivity contribution in [3.05, 3.63) is 102 Å². The summed E-state index contributed by atoms with van der Waals surface area (Å²) in [5.41, 5.74) is 16.9. The highest BCUT2D eigenvalue weighted by Crippen LogP contribution is 2.30. The third-order valence-corrected chi connectivity index (χ3v) is 5.01. The fraction of sp³-hybridized carbons (Fsp3) is 0.192. The van der Waals surface area contributed by atoms with Crippen LogP contribution in [0.5, 0.6) is 5.75 Å². The van der Waals surface area contributed by atoms with Crippen molar-refractivity contribution in [2.45, 2.75) is 18.8 Å². The first-order valence-corrected chi connectivity index (χ1v) is 10.3. The third kappa shape index (κ3) is 6.64. The molecule has 0 heterocycles. The molecule has 0 spiro atoms. The molecule has 0 atom stereocenters. The summed E-state index contributed by atoms with van der Waals surface area (Å²) in [6.07, 6.45) is 2.62. The largest absolute Gasteiger partial charge is 0.493 e. The maximum Gasteiger partial charge on any atom is 0.330 e. The summed E-state index contributed by atoms with van der Waals surface area (Å²) < 4.78 is 10.7. The highest BCUT2D eigenvalue weighted by Gasteiger charge is 2.15. The molecule has 0 saturated carbocycles. The number of carbonyl (C=O) groups is 1. The quantitative estimate of drug-likeness (QED) is 0.216. The van der Waals surface area contributed by atoms with Gasteiger partial charge in [-0.15, -0.1) is 0 Å². The number of nitrogens with two attached hydrogens (primary N) is 2. The SMILES string of the molecule is C=CC(=O)OCCCOc1ccc(CC(c2ccc(N)cc2)c2ccc(N)cc2)cc1. The van der Waals surface area contributed by atoms with Gasteiger partial charge in [0, 0.05) is 29.8 Å². The van der Waals surface area contributed by atoms with E-state index in [1.54, 1.807) is 0 Å². The van der Waals surface area contributed by atoms with Crippen LogP contribution in [0.1, 0.15) is 29.0 Å². The van der Waals surface area contributed by atoms with Crippen LogP contribution in [-0.4, -0.2) is 19.2 Å². The Labute approximate surface area is 183 Å². The molecule has 3 aromatic carbocycles. The molecule has 0 radical (unpaired) electrons. The molecule has 0 saturated heterocycles. The van der Waals surface area contributed by atoms with Crippen LogP contribution in [0.4, 0.5) is 11.4 Å². The summed E-state index contributed by atoms with van der Waals surface area (Å²) in [5, 5.41) is 0. The summed E-state index contributed by atoms with van der Waals surface area (Å²) in [4.78, 5) is 11.0. The zero-order valence-corrected chi connectivity index (χ0v) is 17.5. The van der Waals surface area contributed by atoms with Crippen LogP contribution in [0.25, 0.3) is 0 Å². The molecular formula is C26H28N2O3. The van der Waals surface area contributed by atoms with E-state index in [4.69, 9.17) is 20.9 Å². The Morgan fingerprint density at radius 2 is 1.39 bits per heavy atom. The van der Waals surface area contributed by atoms with E-state index in [2.05, 4.69) is 43.0 Å². The molecule has 0 aliphatic heterocycles. The van der Waals surface area contributed by atoms with Gasteiger partial charge in [-0.3, -0.25) is 0 Å². The zero-order valence-electron chi connectivity index (χ0n) is 17.5. The van der Waals surface area contributed by atoms with Gasteiger partial charge in [0.15, 0.2) is 0 Å². The van der Waals surface area contributed by atoms with Gasteiger partial charge >= 0.3 is 5.97 Å². The number of carbonyl (C=O) groups excluding carboxylic acids is 1. The smallest absolute Gasteiger partial charge is 0.330 e. The van der Waals surface area contributed by atoms with E-state index in [0.717, 1.165) is 29.6 Å². The van der Waals surface area contributed by atoms with Crippen molar-refractivity contribution in [3.63, 3.8) is 0 Å². The van der Waals surface area contributed by atoms with E-state index < -0.39 is 5.97 Å². The zero-order chi connectivity index (χ0) is 22.1. The van der Waals surface area contributed by atoms with Crippen LogP contribution in [-0.2, 0) is 16.0 Å². The topological polar surface area (TPSA) is 87.6 Å². The van der Waals surface area contributed by atoms with Crippen molar-refractivity contribution < 1.29 is 14.3 Å². The van der Waals surface area contributed by atoms with Crippen LogP contribution in [0.15, 0.2) is 85.5 Å². The van der Waals surface area contributed by atoms with Gasteiger partial charge in [0.1, 0.15) is 5.75 Å². The first-order valence-electron chi connectivity index (χ1n) is 10.3. The first-order chi connectivity index (χ1) is 15.0. The lowest BCUT2D eigenvalue weighted by atomic mass is 9.86.